The van der Waals surface area contributed by atoms with Crippen molar-refractivity contribution in [1.82, 2.24) is 0 Å². The van der Waals surface area contributed by atoms with E-state index in [1.54, 1.807) is 48.5 Å². The number of hydrogen-bond acceptors (Lipinski definition) is 6. The quantitative estimate of drug-likeness (QED) is 0.125. The van der Waals surface area contributed by atoms with Crippen LogP contribution >= 0.6 is 15.5 Å². The third kappa shape index (κ3) is 8.07. The zero-order valence-corrected chi connectivity index (χ0v) is 30.4. The number of anilines is 2. The molecule has 0 atom stereocenters. The lowest BCUT2D eigenvalue weighted by molar-refractivity contribution is 0.389. The number of benzene rings is 5. The van der Waals surface area contributed by atoms with Crippen LogP contribution in [-0.2, 0) is 9.13 Å². The van der Waals surface area contributed by atoms with Crippen LogP contribution in [0, 0.1) is 55.4 Å². The summed E-state index contributed by atoms with van der Waals surface area (Å²) < 4.78 is 53.4. The molecule has 2 N–H and O–H groups in total. The monoisotopic (exact) mass is 684 g/mol. The Morgan fingerprint density at radius 2 is 0.604 bits per heavy atom. The van der Waals surface area contributed by atoms with E-state index in [1.807, 2.05) is 104 Å². The summed E-state index contributed by atoms with van der Waals surface area (Å²) in [5, 5.41) is 5.99. The van der Waals surface area contributed by atoms with E-state index in [9.17, 15) is 9.13 Å². The summed E-state index contributed by atoms with van der Waals surface area (Å²) in [4.78, 5) is 0. The Bertz CT molecular complexity index is 1780. The van der Waals surface area contributed by atoms with E-state index in [0.29, 0.717) is 34.4 Å². The topological polar surface area (TPSA) is 95.1 Å². The van der Waals surface area contributed by atoms with E-state index in [0.717, 1.165) is 44.5 Å². The minimum atomic E-state index is -4.02. The molecule has 0 radical (unpaired) electrons. The molecule has 10 heteroatoms. The van der Waals surface area contributed by atoms with Gasteiger partial charge in [-0.25, -0.2) is 9.13 Å². The van der Waals surface area contributed by atoms with Crippen molar-refractivity contribution in [1.29, 1.82) is 0 Å². The predicted molar refractivity (Wildman–Crippen MR) is 195 cm³/mol. The molecule has 0 amide bonds. The molecule has 250 valence electrons. The van der Waals surface area contributed by atoms with Gasteiger partial charge >= 0.3 is 15.5 Å². The summed E-state index contributed by atoms with van der Waals surface area (Å²) in [6, 6.07) is 29.0. The number of aryl methyl sites for hydroxylation is 4. The minimum absolute atomic E-state index is 0.447. The van der Waals surface area contributed by atoms with Gasteiger partial charge in [0, 0.05) is 11.4 Å². The van der Waals surface area contributed by atoms with Crippen LogP contribution in [0.4, 0.5) is 11.4 Å². The van der Waals surface area contributed by atoms with E-state index < -0.39 is 15.5 Å². The molecule has 0 aromatic heterocycles. The Hall–Kier alpha value is -4.64. The van der Waals surface area contributed by atoms with E-state index in [4.69, 9.17) is 18.1 Å². The Morgan fingerprint density at radius 1 is 0.375 bits per heavy atom. The Morgan fingerprint density at radius 3 is 0.833 bits per heavy atom. The van der Waals surface area contributed by atoms with Crippen molar-refractivity contribution in [3.8, 4) is 23.0 Å². The van der Waals surface area contributed by atoms with Gasteiger partial charge < -0.3 is 18.1 Å². The maximum absolute atomic E-state index is 14.4. The third-order valence-corrected chi connectivity index (χ3v) is 11.3. The van der Waals surface area contributed by atoms with Gasteiger partial charge in [-0.1, -0.05) is 48.5 Å². The van der Waals surface area contributed by atoms with Crippen molar-refractivity contribution >= 4 is 26.9 Å². The Kier molecular flexibility index (Phi) is 10.3. The molecule has 0 saturated carbocycles. The first kappa shape index (κ1) is 34.7. The summed E-state index contributed by atoms with van der Waals surface area (Å²) in [6.07, 6.45) is 0. The standard InChI is InChI=1S/C38H42N2O6P2/c1-25-13-9-17-35(29(25)5)43-47(41,44-36-18-10-14-26(2)30(36)6)39-33-21-23-34(24-22-33)40-48(42,45-37-19-11-15-27(3)31(37)7)46-38-20-12-16-28(4)32(38)8/h9-24H,1-8H3,(H,39,41)(H,40,42). The van der Waals surface area contributed by atoms with Gasteiger partial charge in [-0.3, -0.25) is 10.2 Å². The van der Waals surface area contributed by atoms with E-state index in [-0.39, 0.29) is 0 Å². The summed E-state index contributed by atoms with van der Waals surface area (Å²) >= 11 is 0. The van der Waals surface area contributed by atoms with Crippen LogP contribution in [0.5, 0.6) is 23.0 Å². The molecule has 5 aromatic carbocycles. The Balaban J connectivity index is 1.44. The lowest BCUT2D eigenvalue weighted by Gasteiger charge is -2.24. The summed E-state index contributed by atoms with van der Waals surface area (Å²) in [6.45, 7) is 15.5. The maximum Gasteiger partial charge on any atom is 0.541 e. The second kappa shape index (κ2) is 14.2. The highest BCUT2D eigenvalue weighted by Gasteiger charge is 2.33. The predicted octanol–water partition coefficient (Wildman–Crippen LogP) is 11.5. The first-order chi connectivity index (χ1) is 22.8. The van der Waals surface area contributed by atoms with Gasteiger partial charge in [0.05, 0.1) is 0 Å². The van der Waals surface area contributed by atoms with Gasteiger partial charge in [0.1, 0.15) is 23.0 Å². The molecule has 0 aliphatic rings. The molecule has 0 saturated heterocycles. The molecular weight excluding hydrogens is 642 g/mol. The van der Waals surface area contributed by atoms with Gasteiger partial charge in [-0.15, -0.1) is 0 Å². The zero-order valence-electron chi connectivity index (χ0n) is 28.6. The highest BCUT2D eigenvalue weighted by atomic mass is 31.2. The fraction of sp³-hybridized carbons (Fsp3) is 0.211. The van der Waals surface area contributed by atoms with Crippen LogP contribution < -0.4 is 28.3 Å². The van der Waals surface area contributed by atoms with Gasteiger partial charge in [-0.2, -0.15) is 0 Å². The molecule has 0 unspecified atom stereocenters. The summed E-state index contributed by atoms with van der Waals surface area (Å²) in [7, 11) is -8.04. The van der Waals surface area contributed by atoms with E-state index in [1.165, 1.54) is 0 Å². The average Bonchev–Trinajstić information content (AvgIpc) is 3.03. The molecule has 0 fully saturated rings. The number of hydrogen-bond donors (Lipinski definition) is 2. The summed E-state index contributed by atoms with van der Waals surface area (Å²) in [5.74, 6) is 1.79. The van der Waals surface area contributed by atoms with Crippen LogP contribution in [0.1, 0.15) is 44.5 Å². The minimum Gasteiger partial charge on any atom is -0.400 e. The van der Waals surface area contributed by atoms with E-state index >= 15 is 0 Å². The fourth-order valence-electron chi connectivity index (χ4n) is 4.87. The van der Waals surface area contributed by atoms with Crippen molar-refractivity contribution in [2.75, 3.05) is 10.2 Å². The smallest absolute Gasteiger partial charge is 0.400 e. The van der Waals surface area contributed by atoms with Crippen LogP contribution in [0.15, 0.2) is 97.1 Å². The molecule has 8 nitrogen and oxygen atoms in total. The van der Waals surface area contributed by atoms with Crippen molar-refractivity contribution in [2.24, 2.45) is 0 Å². The second-order valence-electron chi connectivity index (χ2n) is 12.0. The highest BCUT2D eigenvalue weighted by Crippen LogP contribution is 2.52. The normalized spacial score (nSPS) is 11.5. The lowest BCUT2D eigenvalue weighted by atomic mass is 10.1. The number of nitrogens with one attached hydrogen (secondary N) is 2. The second-order valence-corrected chi connectivity index (χ2v) is 15.1. The zero-order chi connectivity index (χ0) is 34.6. The van der Waals surface area contributed by atoms with Crippen molar-refractivity contribution in [2.45, 2.75) is 55.4 Å². The first-order valence-electron chi connectivity index (χ1n) is 15.7. The Labute approximate surface area is 283 Å². The third-order valence-electron chi connectivity index (χ3n) is 8.51. The molecule has 0 heterocycles. The van der Waals surface area contributed by atoms with Crippen molar-refractivity contribution in [3.05, 3.63) is 142 Å². The average molecular weight is 685 g/mol. The summed E-state index contributed by atoms with van der Waals surface area (Å²) in [5.41, 5.74) is 8.32. The lowest BCUT2D eigenvalue weighted by Crippen LogP contribution is -2.12. The van der Waals surface area contributed by atoms with Crippen molar-refractivity contribution < 1.29 is 27.2 Å². The maximum atomic E-state index is 14.4. The molecule has 5 rings (SSSR count). The van der Waals surface area contributed by atoms with Gasteiger partial charge in [0.2, 0.25) is 0 Å². The number of rotatable bonds is 12. The van der Waals surface area contributed by atoms with Crippen LogP contribution in [0.25, 0.3) is 0 Å². The van der Waals surface area contributed by atoms with Crippen molar-refractivity contribution in [3.63, 3.8) is 0 Å². The molecule has 0 aliphatic carbocycles. The van der Waals surface area contributed by atoms with Crippen LogP contribution in [0.2, 0.25) is 0 Å². The highest BCUT2D eigenvalue weighted by molar-refractivity contribution is 7.56. The molecule has 0 spiro atoms. The largest absolute Gasteiger partial charge is 0.541 e. The van der Waals surface area contributed by atoms with Crippen LogP contribution in [-0.4, -0.2) is 0 Å². The molecule has 48 heavy (non-hydrogen) atoms. The van der Waals surface area contributed by atoms with Gasteiger partial charge in [0.25, 0.3) is 0 Å². The van der Waals surface area contributed by atoms with Gasteiger partial charge in [0.15, 0.2) is 0 Å². The fourth-order valence-corrected chi connectivity index (χ4v) is 7.89. The first-order valence-corrected chi connectivity index (χ1v) is 18.7. The van der Waals surface area contributed by atoms with Gasteiger partial charge in [-0.05, 0) is 148 Å². The molecule has 0 bridgehead atoms. The SMILES string of the molecule is Cc1cccc(OP(=O)(Nc2ccc(NP(=O)(Oc3cccc(C)c3C)Oc3cccc(C)c3C)cc2)Oc2cccc(C)c2C)c1C. The van der Waals surface area contributed by atoms with Crippen LogP contribution in [0.3, 0.4) is 0 Å². The molecular formula is C38H42N2O6P2. The molecule has 0 aliphatic heterocycles. The molecule has 5 aromatic rings. The van der Waals surface area contributed by atoms with E-state index in [2.05, 4.69) is 10.2 Å².